The van der Waals surface area contributed by atoms with Crippen molar-refractivity contribution in [3.63, 3.8) is 0 Å². The zero-order valence-corrected chi connectivity index (χ0v) is 12.0. The number of hydrogen-bond acceptors (Lipinski definition) is 3. The molecule has 0 unspecified atom stereocenters. The summed E-state index contributed by atoms with van der Waals surface area (Å²) in [7, 11) is 0. The second-order valence-corrected chi connectivity index (χ2v) is 6.30. The number of hydrogen-bond donors (Lipinski definition) is 2. The highest BCUT2D eigenvalue weighted by Gasteiger charge is 2.25. The molecule has 1 fully saturated rings. The summed E-state index contributed by atoms with van der Waals surface area (Å²) in [6, 6.07) is 0.149. The van der Waals surface area contributed by atoms with Gasteiger partial charge in [0.15, 0.2) is 0 Å². The number of nitrogens with two attached hydrogens (primary N) is 1. The molecule has 0 radical (unpaired) electrons. The van der Waals surface area contributed by atoms with Crippen molar-refractivity contribution in [2.24, 2.45) is 0 Å². The first-order chi connectivity index (χ1) is 8.59. The van der Waals surface area contributed by atoms with Crippen molar-refractivity contribution in [2.75, 3.05) is 5.73 Å². The maximum Gasteiger partial charge on any atom is 0.254 e. The Morgan fingerprint density at radius 1 is 1.39 bits per heavy atom. The molecule has 0 aromatic carbocycles. The normalized spacial score (nSPS) is 17.1. The molecular formula is C14H22N2OS. The minimum Gasteiger partial charge on any atom is -0.390 e. The summed E-state index contributed by atoms with van der Waals surface area (Å²) >= 11 is 1.50. The van der Waals surface area contributed by atoms with E-state index in [2.05, 4.69) is 10.7 Å². The van der Waals surface area contributed by atoms with Crippen LogP contribution in [0.15, 0.2) is 5.38 Å². The fourth-order valence-electron chi connectivity index (χ4n) is 2.68. The van der Waals surface area contributed by atoms with Gasteiger partial charge in [0, 0.05) is 6.04 Å². The molecule has 1 heterocycles. The molecule has 1 aliphatic carbocycles. The summed E-state index contributed by atoms with van der Waals surface area (Å²) in [5.41, 5.74) is 7.90. The van der Waals surface area contributed by atoms with Gasteiger partial charge < -0.3 is 11.1 Å². The van der Waals surface area contributed by atoms with Crippen LogP contribution in [0.3, 0.4) is 0 Å². The summed E-state index contributed by atoms with van der Waals surface area (Å²) in [5.74, 6) is 0.518. The smallest absolute Gasteiger partial charge is 0.254 e. The van der Waals surface area contributed by atoms with Crippen molar-refractivity contribution >= 4 is 22.2 Å². The van der Waals surface area contributed by atoms with Crippen molar-refractivity contribution in [3.8, 4) is 0 Å². The van der Waals surface area contributed by atoms with Gasteiger partial charge in [0.2, 0.25) is 0 Å². The first-order valence-electron chi connectivity index (χ1n) is 6.77. The molecule has 1 amide bonds. The van der Waals surface area contributed by atoms with Crippen LogP contribution in [-0.2, 0) is 0 Å². The molecule has 3 nitrogen and oxygen atoms in total. The molecule has 4 heteroatoms. The van der Waals surface area contributed by atoms with E-state index in [9.17, 15) is 4.79 Å². The lowest BCUT2D eigenvalue weighted by atomic mass is 9.83. The molecule has 1 aromatic rings. The van der Waals surface area contributed by atoms with Crippen LogP contribution in [0.1, 0.15) is 67.8 Å². The Morgan fingerprint density at radius 2 is 2.06 bits per heavy atom. The van der Waals surface area contributed by atoms with Gasteiger partial charge in [-0.3, -0.25) is 4.79 Å². The second kappa shape index (κ2) is 5.74. The molecule has 1 aromatic heterocycles. The third-order valence-electron chi connectivity index (χ3n) is 3.54. The minimum atomic E-state index is -0.00989. The summed E-state index contributed by atoms with van der Waals surface area (Å²) in [5, 5.41) is 5.70. The maximum atomic E-state index is 12.2. The van der Waals surface area contributed by atoms with Gasteiger partial charge in [-0.05, 0) is 43.6 Å². The fraction of sp³-hybridized carbons (Fsp3) is 0.643. The van der Waals surface area contributed by atoms with Gasteiger partial charge in [0.1, 0.15) is 0 Å². The Kier molecular flexibility index (Phi) is 4.27. The molecule has 0 saturated heterocycles. The molecule has 0 bridgehead atoms. The minimum absolute atomic E-state index is 0.00989. The molecule has 0 spiro atoms. The predicted molar refractivity (Wildman–Crippen MR) is 77.2 cm³/mol. The molecule has 2 rings (SSSR count). The average Bonchev–Trinajstić information content (AvgIpc) is 2.71. The van der Waals surface area contributed by atoms with Crippen LogP contribution in [0.5, 0.6) is 0 Å². The van der Waals surface area contributed by atoms with E-state index in [-0.39, 0.29) is 11.9 Å². The number of nitrogen functional groups attached to an aromatic ring is 1. The number of thiophene rings is 1. The first kappa shape index (κ1) is 13.4. The molecular weight excluding hydrogens is 244 g/mol. The van der Waals surface area contributed by atoms with Crippen LogP contribution in [0.4, 0.5) is 5.00 Å². The predicted octanol–water partition coefficient (Wildman–Crippen LogP) is 3.52. The lowest BCUT2D eigenvalue weighted by Gasteiger charge is -2.22. The quantitative estimate of drug-likeness (QED) is 0.879. The number of carbonyl (C=O) groups is 1. The molecule has 1 saturated carbocycles. The van der Waals surface area contributed by atoms with Crippen LogP contribution in [0, 0.1) is 0 Å². The molecule has 100 valence electrons. The Balaban J connectivity index is 2.23. The Bertz CT molecular complexity index is 419. The van der Waals surface area contributed by atoms with Crippen LogP contribution in [0.25, 0.3) is 0 Å². The van der Waals surface area contributed by atoms with Crippen molar-refractivity contribution in [1.82, 2.24) is 5.32 Å². The summed E-state index contributed by atoms with van der Waals surface area (Å²) in [6.07, 6.45) is 6.25. The third kappa shape index (κ3) is 2.86. The zero-order chi connectivity index (χ0) is 13.1. The monoisotopic (exact) mass is 266 g/mol. The van der Waals surface area contributed by atoms with Gasteiger partial charge in [-0.2, -0.15) is 0 Å². The highest BCUT2D eigenvalue weighted by Crippen LogP contribution is 2.38. The number of carbonyl (C=O) groups excluding carboxylic acids is 1. The highest BCUT2D eigenvalue weighted by molar-refractivity contribution is 7.14. The van der Waals surface area contributed by atoms with Gasteiger partial charge >= 0.3 is 0 Å². The molecule has 0 aliphatic heterocycles. The number of amides is 1. The zero-order valence-electron chi connectivity index (χ0n) is 11.2. The molecule has 3 N–H and O–H groups in total. The average molecular weight is 266 g/mol. The largest absolute Gasteiger partial charge is 0.390 e. The van der Waals surface area contributed by atoms with Crippen molar-refractivity contribution in [3.05, 3.63) is 16.5 Å². The molecule has 1 aliphatic rings. The first-order valence-corrected chi connectivity index (χ1v) is 7.65. The van der Waals surface area contributed by atoms with Crippen molar-refractivity contribution in [2.45, 2.75) is 57.9 Å². The van der Waals surface area contributed by atoms with Gasteiger partial charge in [0.05, 0.1) is 10.6 Å². The third-order valence-corrected chi connectivity index (χ3v) is 4.37. The standard InChI is InChI=1S/C14H22N2OS/c1-9(2)16-14(17)12-11(8-18-13(12)15)10-6-4-3-5-7-10/h8-10H,3-7,15H2,1-2H3,(H,16,17). The van der Waals surface area contributed by atoms with E-state index < -0.39 is 0 Å². The van der Waals surface area contributed by atoms with E-state index in [1.165, 1.54) is 49.0 Å². The highest BCUT2D eigenvalue weighted by atomic mass is 32.1. The van der Waals surface area contributed by atoms with E-state index in [1.54, 1.807) is 0 Å². The van der Waals surface area contributed by atoms with Gasteiger partial charge in [-0.1, -0.05) is 19.3 Å². The lowest BCUT2D eigenvalue weighted by Crippen LogP contribution is -2.31. The number of rotatable bonds is 3. The van der Waals surface area contributed by atoms with Crippen LogP contribution < -0.4 is 11.1 Å². The number of nitrogens with one attached hydrogen (secondary N) is 1. The van der Waals surface area contributed by atoms with Crippen LogP contribution in [0.2, 0.25) is 0 Å². The van der Waals surface area contributed by atoms with Gasteiger partial charge in [-0.25, -0.2) is 0 Å². The van der Waals surface area contributed by atoms with Gasteiger partial charge in [-0.15, -0.1) is 11.3 Å². The summed E-state index contributed by atoms with van der Waals surface area (Å²) in [6.45, 7) is 3.95. The Morgan fingerprint density at radius 3 is 2.67 bits per heavy atom. The Labute approximate surface area is 113 Å². The van der Waals surface area contributed by atoms with E-state index in [0.717, 1.165) is 5.56 Å². The fourth-order valence-corrected chi connectivity index (χ4v) is 3.57. The number of anilines is 1. The van der Waals surface area contributed by atoms with Crippen LogP contribution >= 0.6 is 11.3 Å². The molecule has 0 atom stereocenters. The second-order valence-electron chi connectivity index (χ2n) is 5.39. The van der Waals surface area contributed by atoms with Crippen LogP contribution in [-0.4, -0.2) is 11.9 Å². The molecule has 18 heavy (non-hydrogen) atoms. The summed E-state index contributed by atoms with van der Waals surface area (Å²) in [4.78, 5) is 12.2. The van der Waals surface area contributed by atoms with Crippen molar-refractivity contribution in [1.29, 1.82) is 0 Å². The van der Waals surface area contributed by atoms with E-state index in [4.69, 9.17) is 5.73 Å². The van der Waals surface area contributed by atoms with Crippen molar-refractivity contribution < 1.29 is 4.79 Å². The van der Waals surface area contributed by atoms with Gasteiger partial charge in [0.25, 0.3) is 5.91 Å². The SMILES string of the molecule is CC(C)NC(=O)c1c(C2CCCCC2)csc1N. The lowest BCUT2D eigenvalue weighted by molar-refractivity contribution is 0.0943. The topological polar surface area (TPSA) is 55.1 Å². The maximum absolute atomic E-state index is 12.2. The Hall–Kier alpha value is -1.03. The van der Waals surface area contributed by atoms with E-state index >= 15 is 0 Å². The summed E-state index contributed by atoms with van der Waals surface area (Å²) < 4.78 is 0. The van der Waals surface area contributed by atoms with E-state index in [1.807, 2.05) is 13.8 Å². The van der Waals surface area contributed by atoms with E-state index in [0.29, 0.717) is 10.9 Å².